The number of aromatic hydroxyl groups is 1. The molecule has 2 unspecified atom stereocenters. The molecule has 108 valence electrons. The lowest BCUT2D eigenvalue weighted by atomic mass is 9.84. The third-order valence-corrected chi connectivity index (χ3v) is 3.91. The molecule has 1 aromatic rings. The molecule has 0 aromatic heterocycles. The standard InChI is InChI=1S/C14H16ClNO4/c15-10-7-8(5-6-12(10)17)13(18)16-11-4-2-1-3-9(11)14(19)20/h5-7,9,11,17H,1-4H2,(H,16,18)(H,19,20). The fourth-order valence-electron chi connectivity index (χ4n) is 2.50. The molecule has 0 saturated heterocycles. The second kappa shape index (κ2) is 6.13. The number of hydrogen-bond donors (Lipinski definition) is 3. The van der Waals surface area contributed by atoms with Crippen molar-refractivity contribution >= 4 is 23.5 Å². The highest BCUT2D eigenvalue weighted by molar-refractivity contribution is 6.32. The molecule has 2 rings (SSSR count). The molecule has 20 heavy (non-hydrogen) atoms. The maximum atomic E-state index is 12.1. The Kier molecular flexibility index (Phi) is 4.49. The van der Waals surface area contributed by atoms with Crippen molar-refractivity contribution in [2.45, 2.75) is 31.7 Å². The van der Waals surface area contributed by atoms with Crippen molar-refractivity contribution in [2.75, 3.05) is 0 Å². The van der Waals surface area contributed by atoms with Crippen LogP contribution in [0.4, 0.5) is 0 Å². The SMILES string of the molecule is O=C(NC1CCCCC1C(=O)O)c1ccc(O)c(Cl)c1. The van der Waals surface area contributed by atoms with Crippen LogP contribution in [0, 0.1) is 5.92 Å². The van der Waals surface area contributed by atoms with E-state index in [1.165, 1.54) is 18.2 Å². The van der Waals surface area contributed by atoms with E-state index >= 15 is 0 Å². The largest absolute Gasteiger partial charge is 0.506 e. The van der Waals surface area contributed by atoms with Gasteiger partial charge in [-0.05, 0) is 31.0 Å². The Morgan fingerprint density at radius 1 is 1.25 bits per heavy atom. The fraction of sp³-hybridized carbons (Fsp3) is 0.429. The van der Waals surface area contributed by atoms with Crippen LogP contribution >= 0.6 is 11.6 Å². The Morgan fingerprint density at radius 3 is 2.60 bits per heavy atom. The topological polar surface area (TPSA) is 86.6 Å². The van der Waals surface area contributed by atoms with Crippen molar-refractivity contribution < 1.29 is 19.8 Å². The van der Waals surface area contributed by atoms with Crippen LogP contribution in [0.15, 0.2) is 18.2 Å². The highest BCUT2D eigenvalue weighted by atomic mass is 35.5. The van der Waals surface area contributed by atoms with Crippen LogP contribution in [-0.2, 0) is 4.79 Å². The molecular weight excluding hydrogens is 282 g/mol. The third kappa shape index (κ3) is 3.22. The Bertz CT molecular complexity index is 532. The van der Waals surface area contributed by atoms with Crippen LogP contribution in [0.3, 0.4) is 0 Å². The number of carboxylic acid groups (broad SMARTS) is 1. The first kappa shape index (κ1) is 14.7. The summed E-state index contributed by atoms with van der Waals surface area (Å²) in [5, 5.41) is 21.3. The minimum absolute atomic E-state index is 0.0932. The first-order chi connectivity index (χ1) is 9.49. The van der Waals surface area contributed by atoms with Gasteiger partial charge in [0.15, 0.2) is 0 Å². The number of carboxylic acids is 1. The van der Waals surface area contributed by atoms with Gasteiger partial charge in [0.1, 0.15) is 5.75 Å². The zero-order chi connectivity index (χ0) is 14.7. The smallest absolute Gasteiger partial charge is 0.308 e. The van der Waals surface area contributed by atoms with E-state index in [1.807, 2.05) is 0 Å². The van der Waals surface area contributed by atoms with Crippen molar-refractivity contribution in [3.63, 3.8) is 0 Å². The Balaban J connectivity index is 2.09. The quantitative estimate of drug-likeness (QED) is 0.799. The molecule has 1 aliphatic carbocycles. The molecule has 5 nitrogen and oxygen atoms in total. The summed E-state index contributed by atoms with van der Waals surface area (Å²) in [6.07, 6.45) is 3.02. The second-order valence-corrected chi connectivity index (χ2v) is 5.38. The van der Waals surface area contributed by atoms with Crippen molar-refractivity contribution in [2.24, 2.45) is 5.92 Å². The van der Waals surface area contributed by atoms with Gasteiger partial charge >= 0.3 is 5.97 Å². The van der Waals surface area contributed by atoms with Gasteiger partial charge in [0, 0.05) is 11.6 Å². The number of benzene rings is 1. The molecule has 3 N–H and O–H groups in total. The van der Waals surface area contributed by atoms with E-state index < -0.39 is 11.9 Å². The fourth-order valence-corrected chi connectivity index (χ4v) is 2.68. The Hall–Kier alpha value is -1.75. The summed E-state index contributed by atoms with van der Waals surface area (Å²) in [5.74, 6) is -1.88. The highest BCUT2D eigenvalue weighted by Crippen LogP contribution is 2.26. The van der Waals surface area contributed by atoms with Crippen LogP contribution in [0.25, 0.3) is 0 Å². The second-order valence-electron chi connectivity index (χ2n) is 4.98. The normalized spacial score (nSPS) is 22.2. The van der Waals surface area contributed by atoms with Crippen LogP contribution < -0.4 is 5.32 Å². The molecule has 1 aromatic carbocycles. The number of carbonyl (C=O) groups is 2. The molecule has 0 spiro atoms. The molecule has 1 amide bonds. The highest BCUT2D eigenvalue weighted by Gasteiger charge is 2.32. The third-order valence-electron chi connectivity index (χ3n) is 3.61. The lowest BCUT2D eigenvalue weighted by molar-refractivity contribution is -0.143. The van der Waals surface area contributed by atoms with Crippen LogP contribution in [0.2, 0.25) is 5.02 Å². The molecule has 1 fully saturated rings. The summed E-state index contributed by atoms with van der Waals surface area (Å²) in [4.78, 5) is 23.3. The predicted octanol–water partition coefficient (Wildman–Crippen LogP) is 2.42. The van der Waals surface area contributed by atoms with Gasteiger partial charge in [0.25, 0.3) is 5.91 Å². The Labute approximate surface area is 121 Å². The molecule has 6 heteroatoms. The minimum Gasteiger partial charge on any atom is -0.506 e. The number of carbonyl (C=O) groups excluding carboxylic acids is 1. The van der Waals surface area contributed by atoms with Crippen LogP contribution in [0.5, 0.6) is 5.75 Å². The van der Waals surface area contributed by atoms with Crippen molar-refractivity contribution in [1.29, 1.82) is 0 Å². The number of hydrogen-bond acceptors (Lipinski definition) is 3. The zero-order valence-electron chi connectivity index (χ0n) is 10.8. The first-order valence-corrected chi connectivity index (χ1v) is 6.89. The van der Waals surface area contributed by atoms with Gasteiger partial charge in [0.05, 0.1) is 10.9 Å². The average Bonchev–Trinajstić information content (AvgIpc) is 2.42. The maximum absolute atomic E-state index is 12.1. The van der Waals surface area contributed by atoms with Gasteiger partial charge in [-0.3, -0.25) is 9.59 Å². The van der Waals surface area contributed by atoms with Gasteiger partial charge in [0.2, 0.25) is 0 Å². The number of amides is 1. The van der Waals surface area contributed by atoms with Crippen LogP contribution in [-0.4, -0.2) is 28.1 Å². The molecule has 0 heterocycles. The summed E-state index contributed by atoms with van der Waals surface area (Å²) in [5.41, 5.74) is 0.308. The Morgan fingerprint density at radius 2 is 1.95 bits per heavy atom. The van der Waals surface area contributed by atoms with Crippen molar-refractivity contribution in [3.8, 4) is 5.75 Å². The van der Waals surface area contributed by atoms with Crippen molar-refractivity contribution in [3.05, 3.63) is 28.8 Å². The van der Waals surface area contributed by atoms with E-state index in [-0.39, 0.29) is 22.7 Å². The van der Waals surface area contributed by atoms with Crippen molar-refractivity contribution in [1.82, 2.24) is 5.32 Å². The summed E-state index contributed by atoms with van der Waals surface area (Å²) < 4.78 is 0. The van der Waals surface area contributed by atoms with Gasteiger partial charge in [-0.1, -0.05) is 24.4 Å². The molecular formula is C14H16ClNO4. The van der Waals surface area contributed by atoms with Gasteiger partial charge < -0.3 is 15.5 Å². The molecule has 0 radical (unpaired) electrons. The number of aliphatic carboxylic acids is 1. The van der Waals surface area contributed by atoms with E-state index in [9.17, 15) is 14.7 Å². The monoisotopic (exact) mass is 297 g/mol. The summed E-state index contributed by atoms with van der Waals surface area (Å²) in [6.45, 7) is 0. The number of phenolic OH excluding ortho intramolecular Hbond substituents is 1. The van der Waals surface area contributed by atoms with E-state index in [0.29, 0.717) is 18.4 Å². The first-order valence-electron chi connectivity index (χ1n) is 6.51. The van der Waals surface area contributed by atoms with E-state index in [0.717, 1.165) is 12.8 Å². The van der Waals surface area contributed by atoms with Gasteiger partial charge in [-0.2, -0.15) is 0 Å². The number of halogens is 1. The summed E-state index contributed by atoms with van der Waals surface area (Å²) in [7, 11) is 0. The van der Waals surface area contributed by atoms with Crippen LogP contribution in [0.1, 0.15) is 36.0 Å². The lowest BCUT2D eigenvalue weighted by Crippen LogP contribution is -2.45. The van der Waals surface area contributed by atoms with E-state index in [1.54, 1.807) is 0 Å². The minimum atomic E-state index is -0.876. The number of rotatable bonds is 3. The van der Waals surface area contributed by atoms with Gasteiger partial charge in [-0.15, -0.1) is 0 Å². The molecule has 0 aliphatic heterocycles. The average molecular weight is 298 g/mol. The summed E-state index contributed by atoms with van der Waals surface area (Å²) >= 11 is 5.76. The van der Waals surface area contributed by atoms with Gasteiger partial charge in [-0.25, -0.2) is 0 Å². The predicted molar refractivity (Wildman–Crippen MR) is 74.0 cm³/mol. The number of phenols is 1. The van der Waals surface area contributed by atoms with E-state index in [4.69, 9.17) is 16.7 Å². The number of nitrogens with one attached hydrogen (secondary N) is 1. The molecule has 1 aliphatic rings. The molecule has 1 saturated carbocycles. The zero-order valence-corrected chi connectivity index (χ0v) is 11.6. The maximum Gasteiger partial charge on any atom is 0.308 e. The molecule has 2 atom stereocenters. The van der Waals surface area contributed by atoms with E-state index in [2.05, 4.69) is 5.32 Å². The summed E-state index contributed by atoms with van der Waals surface area (Å²) in [6, 6.07) is 3.80. The lowest BCUT2D eigenvalue weighted by Gasteiger charge is -2.29. The molecule has 0 bridgehead atoms.